The lowest BCUT2D eigenvalue weighted by Crippen LogP contribution is -2.26. The van der Waals surface area contributed by atoms with Crippen molar-refractivity contribution in [2.45, 2.75) is 33.0 Å². The van der Waals surface area contributed by atoms with Gasteiger partial charge in [0.05, 0.1) is 5.69 Å². The summed E-state index contributed by atoms with van der Waals surface area (Å²) in [6, 6.07) is 0. The Balaban J connectivity index is 2.66. The number of ether oxygens (including phenoxy) is 1. The van der Waals surface area contributed by atoms with Crippen LogP contribution in [0.1, 0.15) is 26.5 Å². The molecule has 0 aromatic carbocycles. The highest BCUT2D eigenvalue weighted by molar-refractivity contribution is 5.70. The maximum atomic E-state index is 11.5. The number of imidazole rings is 1. The molecule has 0 aliphatic heterocycles. The van der Waals surface area contributed by atoms with Gasteiger partial charge in [-0.2, -0.15) is 0 Å². The van der Waals surface area contributed by atoms with Crippen LogP contribution in [-0.4, -0.2) is 21.2 Å². The van der Waals surface area contributed by atoms with Crippen molar-refractivity contribution >= 4 is 6.09 Å². The van der Waals surface area contributed by atoms with Crippen molar-refractivity contribution in [3.63, 3.8) is 0 Å². The standard InChI is InChI=1S/C9H15N3O3/c1-9(2,3)15-8(13)12-4-7(5-14-10)11-6-12/h4,6H,5,10H2,1-3H3. The van der Waals surface area contributed by atoms with Crippen molar-refractivity contribution in [3.05, 3.63) is 18.2 Å². The summed E-state index contributed by atoms with van der Waals surface area (Å²) < 4.78 is 6.38. The maximum absolute atomic E-state index is 11.5. The molecule has 0 fully saturated rings. The van der Waals surface area contributed by atoms with Crippen LogP contribution in [0.5, 0.6) is 0 Å². The van der Waals surface area contributed by atoms with Gasteiger partial charge in [-0.05, 0) is 20.8 Å². The highest BCUT2D eigenvalue weighted by Gasteiger charge is 2.17. The van der Waals surface area contributed by atoms with E-state index in [-0.39, 0.29) is 6.61 Å². The normalized spacial score (nSPS) is 11.5. The van der Waals surface area contributed by atoms with Crippen LogP contribution >= 0.6 is 0 Å². The molecule has 1 heterocycles. The van der Waals surface area contributed by atoms with Crippen LogP contribution in [0.4, 0.5) is 4.79 Å². The molecule has 0 atom stereocenters. The second-order valence-electron chi connectivity index (χ2n) is 4.06. The first-order valence-electron chi connectivity index (χ1n) is 4.50. The number of carbonyl (C=O) groups excluding carboxylic acids is 1. The summed E-state index contributed by atoms with van der Waals surface area (Å²) in [7, 11) is 0. The third-order valence-electron chi connectivity index (χ3n) is 1.47. The second kappa shape index (κ2) is 4.41. The molecule has 15 heavy (non-hydrogen) atoms. The minimum atomic E-state index is -0.522. The molecular formula is C9H15N3O3. The van der Waals surface area contributed by atoms with Crippen LogP contribution in [0.2, 0.25) is 0 Å². The van der Waals surface area contributed by atoms with Crippen molar-refractivity contribution in [2.24, 2.45) is 5.90 Å². The summed E-state index contributed by atoms with van der Waals surface area (Å²) >= 11 is 0. The van der Waals surface area contributed by atoms with Crippen LogP contribution in [0.3, 0.4) is 0 Å². The number of carbonyl (C=O) groups is 1. The van der Waals surface area contributed by atoms with E-state index in [1.165, 1.54) is 17.1 Å². The Morgan fingerprint density at radius 3 is 2.80 bits per heavy atom. The number of aromatic nitrogens is 2. The van der Waals surface area contributed by atoms with Crippen molar-refractivity contribution in [1.82, 2.24) is 9.55 Å². The minimum absolute atomic E-state index is 0.162. The van der Waals surface area contributed by atoms with Crippen LogP contribution in [0.25, 0.3) is 0 Å². The molecule has 0 aliphatic carbocycles. The Morgan fingerprint density at radius 1 is 1.60 bits per heavy atom. The topological polar surface area (TPSA) is 79.4 Å². The van der Waals surface area contributed by atoms with E-state index in [4.69, 9.17) is 10.6 Å². The third kappa shape index (κ3) is 3.69. The minimum Gasteiger partial charge on any atom is -0.443 e. The van der Waals surface area contributed by atoms with Gasteiger partial charge in [0.1, 0.15) is 18.5 Å². The number of hydrogen-bond donors (Lipinski definition) is 1. The van der Waals surface area contributed by atoms with Gasteiger partial charge < -0.3 is 4.74 Å². The first-order chi connectivity index (χ1) is 6.92. The number of nitrogens with zero attached hydrogens (tertiary/aromatic N) is 2. The monoisotopic (exact) mass is 213 g/mol. The molecule has 0 unspecified atom stereocenters. The second-order valence-corrected chi connectivity index (χ2v) is 4.06. The number of nitrogens with two attached hydrogens (primary N) is 1. The van der Waals surface area contributed by atoms with E-state index in [0.717, 1.165) is 0 Å². The molecule has 2 N–H and O–H groups in total. The number of rotatable bonds is 2. The molecule has 0 spiro atoms. The molecule has 1 rings (SSSR count). The first kappa shape index (κ1) is 11.7. The smallest absolute Gasteiger partial charge is 0.419 e. The van der Waals surface area contributed by atoms with E-state index in [0.29, 0.717) is 5.69 Å². The van der Waals surface area contributed by atoms with E-state index >= 15 is 0 Å². The fourth-order valence-corrected chi connectivity index (χ4v) is 0.938. The SMILES string of the molecule is CC(C)(C)OC(=O)n1cnc(CON)c1. The van der Waals surface area contributed by atoms with Gasteiger partial charge in [0.15, 0.2) is 0 Å². The molecule has 84 valence electrons. The van der Waals surface area contributed by atoms with Gasteiger partial charge in [0.25, 0.3) is 0 Å². The summed E-state index contributed by atoms with van der Waals surface area (Å²) in [6.45, 7) is 5.55. The zero-order valence-corrected chi connectivity index (χ0v) is 9.06. The van der Waals surface area contributed by atoms with E-state index in [1.807, 2.05) is 0 Å². The summed E-state index contributed by atoms with van der Waals surface area (Å²) in [4.78, 5) is 19.8. The largest absolute Gasteiger partial charge is 0.443 e. The Bertz CT molecular complexity index is 341. The lowest BCUT2D eigenvalue weighted by molar-refractivity contribution is 0.0536. The average Bonchev–Trinajstić information content (AvgIpc) is 2.50. The fourth-order valence-electron chi connectivity index (χ4n) is 0.938. The highest BCUT2D eigenvalue weighted by atomic mass is 16.6. The molecule has 0 saturated carbocycles. The molecule has 1 aromatic rings. The summed E-state index contributed by atoms with van der Waals surface area (Å²) in [5.41, 5.74) is 0.0506. The predicted octanol–water partition coefficient (Wildman–Crippen LogP) is 1.06. The fraction of sp³-hybridized carbons (Fsp3) is 0.556. The van der Waals surface area contributed by atoms with Crippen molar-refractivity contribution < 1.29 is 14.4 Å². The summed E-state index contributed by atoms with van der Waals surface area (Å²) in [6.07, 6.45) is 2.40. The quantitative estimate of drug-likeness (QED) is 0.743. The molecule has 0 saturated heterocycles. The Hall–Kier alpha value is -1.40. The van der Waals surface area contributed by atoms with E-state index in [1.54, 1.807) is 20.8 Å². The summed E-state index contributed by atoms with van der Waals surface area (Å²) in [5, 5.41) is 0. The zero-order chi connectivity index (χ0) is 11.5. The Morgan fingerprint density at radius 2 is 2.27 bits per heavy atom. The van der Waals surface area contributed by atoms with Gasteiger partial charge in [-0.1, -0.05) is 0 Å². The molecule has 0 radical (unpaired) electrons. The molecule has 0 aliphatic rings. The molecule has 0 bridgehead atoms. The Kier molecular flexibility index (Phi) is 3.43. The Labute approximate surface area is 87.9 Å². The molecule has 0 amide bonds. The molecular weight excluding hydrogens is 198 g/mol. The lowest BCUT2D eigenvalue weighted by atomic mass is 10.2. The van der Waals surface area contributed by atoms with Crippen molar-refractivity contribution in [1.29, 1.82) is 0 Å². The molecule has 6 nitrogen and oxygen atoms in total. The molecule has 1 aromatic heterocycles. The van der Waals surface area contributed by atoms with Gasteiger partial charge in [-0.15, -0.1) is 0 Å². The summed E-state index contributed by atoms with van der Waals surface area (Å²) in [5.74, 6) is 4.88. The van der Waals surface area contributed by atoms with E-state index in [9.17, 15) is 4.79 Å². The van der Waals surface area contributed by atoms with Gasteiger partial charge in [-0.25, -0.2) is 20.2 Å². The van der Waals surface area contributed by atoms with Crippen LogP contribution < -0.4 is 5.90 Å². The zero-order valence-electron chi connectivity index (χ0n) is 9.06. The highest BCUT2D eigenvalue weighted by Crippen LogP contribution is 2.09. The third-order valence-corrected chi connectivity index (χ3v) is 1.47. The van der Waals surface area contributed by atoms with E-state index < -0.39 is 11.7 Å². The van der Waals surface area contributed by atoms with Crippen molar-refractivity contribution in [2.75, 3.05) is 0 Å². The van der Waals surface area contributed by atoms with Gasteiger partial charge in [0, 0.05) is 6.20 Å². The molecule has 6 heteroatoms. The van der Waals surface area contributed by atoms with E-state index in [2.05, 4.69) is 9.82 Å². The number of hydrogen-bond acceptors (Lipinski definition) is 5. The lowest BCUT2D eigenvalue weighted by Gasteiger charge is -2.19. The van der Waals surface area contributed by atoms with Crippen LogP contribution in [-0.2, 0) is 16.2 Å². The average molecular weight is 213 g/mol. The predicted molar refractivity (Wildman–Crippen MR) is 52.8 cm³/mol. The van der Waals surface area contributed by atoms with Crippen LogP contribution in [0.15, 0.2) is 12.5 Å². The van der Waals surface area contributed by atoms with Gasteiger partial charge in [-0.3, -0.25) is 4.84 Å². The van der Waals surface area contributed by atoms with Gasteiger partial charge >= 0.3 is 6.09 Å². The van der Waals surface area contributed by atoms with Crippen LogP contribution in [0, 0.1) is 0 Å². The van der Waals surface area contributed by atoms with Gasteiger partial charge in [0.2, 0.25) is 0 Å². The first-order valence-corrected chi connectivity index (χ1v) is 4.50. The maximum Gasteiger partial charge on any atom is 0.419 e. The van der Waals surface area contributed by atoms with Crippen molar-refractivity contribution in [3.8, 4) is 0 Å².